The maximum absolute atomic E-state index is 13.4. The molecule has 0 unspecified atom stereocenters. The van der Waals surface area contributed by atoms with Crippen molar-refractivity contribution in [1.29, 1.82) is 0 Å². The zero-order chi connectivity index (χ0) is 18.0. The van der Waals surface area contributed by atoms with Crippen LogP contribution in [-0.2, 0) is 17.9 Å². The van der Waals surface area contributed by atoms with Crippen LogP contribution in [0.5, 0.6) is 0 Å². The van der Waals surface area contributed by atoms with Gasteiger partial charge in [-0.25, -0.2) is 23.4 Å². The summed E-state index contributed by atoms with van der Waals surface area (Å²) in [6, 6.07) is 4.27. The average Bonchev–Trinajstić information content (AvgIpc) is 3.15. The van der Waals surface area contributed by atoms with Crippen molar-refractivity contribution >= 4 is 28.8 Å². The maximum Gasteiger partial charge on any atom is 0.352 e. The van der Waals surface area contributed by atoms with E-state index in [1.165, 1.54) is 34.4 Å². The number of benzene rings is 1. The molecule has 0 saturated heterocycles. The van der Waals surface area contributed by atoms with Crippen LogP contribution in [0.25, 0.3) is 5.13 Å². The van der Waals surface area contributed by atoms with Gasteiger partial charge in [-0.3, -0.25) is 4.79 Å². The van der Waals surface area contributed by atoms with Crippen molar-refractivity contribution in [2.45, 2.75) is 20.0 Å². The Labute approximate surface area is 150 Å². The van der Waals surface area contributed by atoms with Crippen molar-refractivity contribution < 1.29 is 9.18 Å². The minimum absolute atomic E-state index is 0.0181. The van der Waals surface area contributed by atoms with Gasteiger partial charge in [0.25, 0.3) is 0 Å². The molecule has 0 aliphatic heterocycles. The quantitative estimate of drug-likeness (QED) is 0.732. The first-order valence-electron chi connectivity index (χ1n) is 7.22. The Morgan fingerprint density at radius 3 is 2.92 bits per heavy atom. The Kier molecular flexibility index (Phi) is 4.95. The maximum atomic E-state index is 13.4. The smallest absolute Gasteiger partial charge is 0.350 e. The normalized spacial score (nSPS) is 10.8. The second kappa shape index (κ2) is 7.16. The number of nitrogens with one attached hydrogen (secondary N) is 1. The van der Waals surface area contributed by atoms with E-state index in [1.54, 1.807) is 12.3 Å². The average molecular weight is 382 g/mol. The first-order valence-corrected chi connectivity index (χ1v) is 8.41. The number of halogens is 2. The molecule has 2 aromatic heterocycles. The highest BCUT2D eigenvalue weighted by atomic mass is 35.5. The van der Waals surface area contributed by atoms with E-state index in [9.17, 15) is 14.0 Å². The van der Waals surface area contributed by atoms with E-state index >= 15 is 0 Å². The standard InChI is InChI=1S/C15H13ClFN5O2S/c1-9-5-19-14(25-9)21-8-20-22(15(21)24)7-13(23)18-6-10-2-3-11(16)12(17)4-10/h2-5,8H,6-7H2,1H3,(H,18,23). The number of amides is 1. The topological polar surface area (TPSA) is 81.8 Å². The third kappa shape index (κ3) is 3.94. The Balaban J connectivity index is 1.64. The number of rotatable bonds is 5. The molecule has 7 nitrogen and oxygen atoms in total. The van der Waals surface area contributed by atoms with Crippen LogP contribution in [0, 0.1) is 12.7 Å². The van der Waals surface area contributed by atoms with Crippen molar-refractivity contribution in [1.82, 2.24) is 24.6 Å². The van der Waals surface area contributed by atoms with Crippen LogP contribution >= 0.6 is 22.9 Å². The SMILES string of the molecule is Cc1cnc(-n2cnn(CC(=O)NCc3ccc(Cl)c(F)c3)c2=O)s1. The molecule has 0 spiro atoms. The molecule has 10 heteroatoms. The van der Waals surface area contributed by atoms with Crippen LogP contribution in [0.3, 0.4) is 0 Å². The molecule has 0 saturated carbocycles. The highest BCUT2D eigenvalue weighted by Gasteiger charge is 2.12. The zero-order valence-electron chi connectivity index (χ0n) is 13.1. The molecule has 2 heterocycles. The predicted molar refractivity (Wildman–Crippen MR) is 91.5 cm³/mol. The van der Waals surface area contributed by atoms with E-state index in [2.05, 4.69) is 15.4 Å². The Morgan fingerprint density at radius 2 is 2.24 bits per heavy atom. The third-order valence-corrected chi connectivity index (χ3v) is 4.53. The number of thiazole rings is 1. The molecular formula is C15H13ClFN5O2S. The number of carbonyl (C=O) groups excluding carboxylic acids is 1. The van der Waals surface area contributed by atoms with Gasteiger partial charge in [0.05, 0.1) is 5.02 Å². The molecule has 130 valence electrons. The molecule has 0 aliphatic rings. The molecule has 1 amide bonds. The van der Waals surface area contributed by atoms with Crippen LogP contribution in [0.2, 0.25) is 5.02 Å². The second-order valence-corrected chi connectivity index (χ2v) is 6.84. The summed E-state index contributed by atoms with van der Waals surface area (Å²) in [6.45, 7) is 1.75. The summed E-state index contributed by atoms with van der Waals surface area (Å²) in [6.07, 6.45) is 2.98. The highest BCUT2D eigenvalue weighted by Crippen LogP contribution is 2.15. The molecule has 1 aromatic carbocycles. The van der Waals surface area contributed by atoms with Gasteiger partial charge >= 0.3 is 5.69 Å². The van der Waals surface area contributed by atoms with Crippen molar-refractivity contribution in [3.05, 3.63) is 62.5 Å². The van der Waals surface area contributed by atoms with Crippen molar-refractivity contribution in [3.63, 3.8) is 0 Å². The fraction of sp³-hybridized carbons (Fsp3) is 0.200. The number of hydrogen-bond donors (Lipinski definition) is 1. The summed E-state index contributed by atoms with van der Waals surface area (Å²) >= 11 is 6.96. The van der Waals surface area contributed by atoms with E-state index in [0.717, 1.165) is 9.56 Å². The third-order valence-electron chi connectivity index (χ3n) is 3.32. The number of aromatic nitrogens is 4. The lowest BCUT2D eigenvalue weighted by Crippen LogP contribution is -2.33. The summed E-state index contributed by atoms with van der Waals surface area (Å²) < 4.78 is 15.7. The summed E-state index contributed by atoms with van der Waals surface area (Å²) in [5.41, 5.74) is 0.105. The van der Waals surface area contributed by atoms with Crippen LogP contribution in [0.4, 0.5) is 4.39 Å². The molecule has 0 atom stereocenters. The first-order chi connectivity index (χ1) is 11.9. The van der Waals surface area contributed by atoms with Crippen LogP contribution in [-0.4, -0.2) is 25.2 Å². The summed E-state index contributed by atoms with van der Waals surface area (Å²) in [5.74, 6) is -0.972. The number of hydrogen-bond acceptors (Lipinski definition) is 5. The van der Waals surface area contributed by atoms with Gasteiger partial charge in [-0.05, 0) is 24.6 Å². The number of nitrogens with zero attached hydrogens (tertiary/aromatic N) is 4. The van der Waals surface area contributed by atoms with Crippen LogP contribution < -0.4 is 11.0 Å². The van der Waals surface area contributed by atoms with Gasteiger partial charge in [0.1, 0.15) is 18.7 Å². The van der Waals surface area contributed by atoms with E-state index in [-0.39, 0.29) is 18.1 Å². The lowest BCUT2D eigenvalue weighted by atomic mass is 10.2. The minimum Gasteiger partial charge on any atom is -0.350 e. The first kappa shape index (κ1) is 17.3. The fourth-order valence-electron chi connectivity index (χ4n) is 2.07. The molecular weight excluding hydrogens is 369 g/mol. The zero-order valence-corrected chi connectivity index (χ0v) is 14.6. The molecule has 25 heavy (non-hydrogen) atoms. The summed E-state index contributed by atoms with van der Waals surface area (Å²) in [5, 5.41) is 7.03. The van der Waals surface area contributed by atoms with E-state index < -0.39 is 17.4 Å². The Bertz CT molecular complexity index is 980. The van der Waals surface area contributed by atoms with Gasteiger partial charge in [-0.2, -0.15) is 5.10 Å². The van der Waals surface area contributed by atoms with Crippen molar-refractivity contribution in [2.24, 2.45) is 0 Å². The van der Waals surface area contributed by atoms with Gasteiger partial charge in [0, 0.05) is 17.6 Å². The second-order valence-electron chi connectivity index (χ2n) is 5.22. The monoisotopic (exact) mass is 381 g/mol. The van der Waals surface area contributed by atoms with Crippen LogP contribution in [0.1, 0.15) is 10.4 Å². The highest BCUT2D eigenvalue weighted by molar-refractivity contribution is 7.13. The van der Waals surface area contributed by atoms with E-state index in [1.807, 2.05) is 6.92 Å². The lowest BCUT2D eigenvalue weighted by molar-refractivity contribution is -0.122. The van der Waals surface area contributed by atoms with Gasteiger partial charge < -0.3 is 5.32 Å². The van der Waals surface area contributed by atoms with Gasteiger partial charge in [0.15, 0.2) is 5.13 Å². The number of carbonyl (C=O) groups is 1. The molecule has 3 rings (SSSR count). The predicted octanol–water partition coefficient (Wildman–Crippen LogP) is 1.91. The summed E-state index contributed by atoms with van der Waals surface area (Å²) in [7, 11) is 0. The number of aryl methyl sites for hydroxylation is 1. The molecule has 0 bridgehead atoms. The Morgan fingerprint density at radius 1 is 1.44 bits per heavy atom. The van der Waals surface area contributed by atoms with Crippen molar-refractivity contribution in [3.8, 4) is 5.13 Å². The van der Waals surface area contributed by atoms with E-state index in [4.69, 9.17) is 11.6 Å². The van der Waals surface area contributed by atoms with Gasteiger partial charge in [-0.1, -0.05) is 17.7 Å². The van der Waals surface area contributed by atoms with Crippen LogP contribution in [0.15, 0.2) is 35.5 Å². The molecule has 0 fully saturated rings. The Hall–Kier alpha value is -2.52. The molecule has 3 aromatic rings. The van der Waals surface area contributed by atoms with Gasteiger partial charge in [0.2, 0.25) is 5.91 Å². The summed E-state index contributed by atoms with van der Waals surface area (Å²) in [4.78, 5) is 29.3. The lowest BCUT2D eigenvalue weighted by Gasteiger charge is -2.05. The molecule has 0 aliphatic carbocycles. The van der Waals surface area contributed by atoms with Crippen molar-refractivity contribution in [2.75, 3.05) is 0 Å². The van der Waals surface area contributed by atoms with E-state index in [0.29, 0.717) is 10.7 Å². The molecule has 1 N–H and O–H groups in total. The molecule has 0 radical (unpaired) electrons. The van der Waals surface area contributed by atoms with Gasteiger partial charge in [-0.15, -0.1) is 11.3 Å². The minimum atomic E-state index is -0.554. The fourth-order valence-corrected chi connectivity index (χ4v) is 2.91. The largest absolute Gasteiger partial charge is 0.352 e.